The van der Waals surface area contributed by atoms with Gasteiger partial charge in [-0.25, -0.2) is 9.59 Å². The Kier molecular flexibility index (Phi) is 7.68. The number of esters is 1. The van der Waals surface area contributed by atoms with Gasteiger partial charge in [-0.2, -0.15) is 0 Å². The minimum Gasteiger partial charge on any atom is -0.495 e. The van der Waals surface area contributed by atoms with Gasteiger partial charge in [-0.3, -0.25) is 0 Å². The fourth-order valence-electron chi connectivity index (χ4n) is 3.05. The van der Waals surface area contributed by atoms with Gasteiger partial charge in [0.15, 0.2) is 0 Å². The van der Waals surface area contributed by atoms with Crippen LogP contribution in [0.2, 0.25) is 0 Å². The highest BCUT2D eigenvalue weighted by Crippen LogP contribution is 2.25. The van der Waals surface area contributed by atoms with Crippen LogP contribution in [0.1, 0.15) is 23.2 Å². The highest BCUT2D eigenvalue weighted by atomic mass is 16.5. The van der Waals surface area contributed by atoms with Gasteiger partial charge in [-0.1, -0.05) is 0 Å². The van der Waals surface area contributed by atoms with Crippen molar-refractivity contribution in [1.82, 2.24) is 10.2 Å². The number of benzene rings is 1. The van der Waals surface area contributed by atoms with Crippen LogP contribution in [0, 0.1) is 5.92 Å². The first-order chi connectivity index (χ1) is 12.6. The summed E-state index contributed by atoms with van der Waals surface area (Å²) in [6.07, 6.45) is 2.12. The van der Waals surface area contributed by atoms with Crippen LogP contribution in [-0.2, 0) is 4.74 Å². The van der Waals surface area contributed by atoms with Crippen molar-refractivity contribution < 1.29 is 24.2 Å². The van der Waals surface area contributed by atoms with E-state index in [1.807, 2.05) is 0 Å². The van der Waals surface area contributed by atoms with E-state index in [9.17, 15) is 14.7 Å². The number of methoxy groups -OCH3 is 2. The maximum atomic E-state index is 12.1. The molecule has 0 bridgehead atoms. The molecule has 1 aliphatic heterocycles. The molecule has 1 saturated heterocycles. The monoisotopic (exact) mass is 365 g/mol. The molecule has 1 aliphatic rings. The first-order valence-electron chi connectivity index (χ1n) is 8.71. The molecule has 0 aliphatic carbocycles. The summed E-state index contributed by atoms with van der Waals surface area (Å²) in [5, 5.41) is 14.8. The topological polar surface area (TPSA) is 100 Å². The molecule has 2 amide bonds. The van der Waals surface area contributed by atoms with Gasteiger partial charge >= 0.3 is 12.0 Å². The third-order valence-electron chi connectivity index (χ3n) is 4.44. The summed E-state index contributed by atoms with van der Waals surface area (Å²) < 4.78 is 9.90. The van der Waals surface area contributed by atoms with Crippen molar-refractivity contribution in [2.75, 3.05) is 52.3 Å². The second-order valence-electron chi connectivity index (χ2n) is 6.28. The Morgan fingerprint density at radius 1 is 1.35 bits per heavy atom. The summed E-state index contributed by atoms with van der Waals surface area (Å²) >= 11 is 0. The molecule has 8 heteroatoms. The molecule has 0 saturated carbocycles. The van der Waals surface area contributed by atoms with Crippen molar-refractivity contribution in [3.63, 3.8) is 0 Å². The Morgan fingerprint density at radius 3 is 2.85 bits per heavy atom. The summed E-state index contributed by atoms with van der Waals surface area (Å²) in [7, 11) is 2.79. The summed E-state index contributed by atoms with van der Waals surface area (Å²) in [4.78, 5) is 26.0. The van der Waals surface area contributed by atoms with Crippen LogP contribution in [0.25, 0.3) is 0 Å². The standard InChI is InChI=1S/C18H27N3O5/c1-25-16-6-5-14(17(23)26-2)10-15(16)20-18(24)19-7-9-21-8-3-4-13(11-21)12-22/h5-6,10,13,22H,3-4,7-9,11-12H2,1-2H3,(H2,19,20,24)/t13-/m1/s1. The lowest BCUT2D eigenvalue weighted by molar-refractivity contribution is 0.0600. The molecule has 0 aromatic heterocycles. The van der Waals surface area contributed by atoms with Gasteiger partial charge in [-0.05, 0) is 43.5 Å². The molecule has 1 aromatic rings. The van der Waals surface area contributed by atoms with Crippen molar-refractivity contribution in [2.45, 2.75) is 12.8 Å². The SMILES string of the molecule is COC(=O)c1ccc(OC)c(NC(=O)NCCN2CCC[C@@H](CO)C2)c1. The van der Waals surface area contributed by atoms with Crippen LogP contribution in [0.4, 0.5) is 10.5 Å². The van der Waals surface area contributed by atoms with Crippen LogP contribution < -0.4 is 15.4 Å². The first kappa shape index (κ1) is 20.0. The molecule has 144 valence electrons. The van der Waals surface area contributed by atoms with Gasteiger partial charge in [-0.15, -0.1) is 0 Å². The largest absolute Gasteiger partial charge is 0.495 e. The van der Waals surface area contributed by atoms with Crippen molar-refractivity contribution in [3.05, 3.63) is 23.8 Å². The number of rotatable bonds is 7. The molecular formula is C18H27N3O5. The summed E-state index contributed by atoms with van der Waals surface area (Å²) in [6, 6.07) is 4.31. The second kappa shape index (κ2) is 9.98. The van der Waals surface area contributed by atoms with E-state index in [0.29, 0.717) is 29.5 Å². The molecule has 0 spiro atoms. The third kappa shape index (κ3) is 5.60. The van der Waals surface area contributed by atoms with Crippen molar-refractivity contribution >= 4 is 17.7 Å². The number of carbonyl (C=O) groups is 2. The van der Waals surface area contributed by atoms with E-state index in [-0.39, 0.29) is 12.6 Å². The lowest BCUT2D eigenvalue weighted by Crippen LogP contribution is -2.42. The van der Waals surface area contributed by atoms with Gasteiger partial charge in [0.25, 0.3) is 0 Å². The number of likely N-dealkylation sites (tertiary alicyclic amines) is 1. The fourth-order valence-corrected chi connectivity index (χ4v) is 3.05. The lowest BCUT2D eigenvalue weighted by atomic mass is 9.99. The minimum atomic E-state index is -0.486. The Morgan fingerprint density at radius 2 is 2.15 bits per heavy atom. The average molecular weight is 365 g/mol. The molecule has 26 heavy (non-hydrogen) atoms. The number of aliphatic hydroxyl groups is 1. The number of carbonyl (C=O) groups excluding carboxylic acids is 2. The highest BCUT2D eigenvalue weighted by Gasteiger charge is 2.19. The molecule has 0 radical (unpaired) electrons. The molecule has 8 nitrogen and oxygen atoms in total. The highest BCUT2D eigenvalue weighted by molar-refractivity contribution is 5.95. The molecule has 2 rings (SSSR count). The molecule has 1 heterocycles. The molecular weight excluding hydrogens is 338 g/mol. The molecule has 1 aromatic carbocycles. The number of aliphatic hydroxyl groups excluding tert-OH is 1. The Labute approximate surface area is 153 Å². The Bertz CT molecular complexity index is 623. The number of urea groups is 1. The zero-order valence-corrected chi connectivity index (χ0v) is 15.3. The van der Waals surface area contributed by atoms with E-state index in [2.05, 4.69) is 20.3 Å². The molecule has 1 atom stereocenters. The van der Waals surface area contributed by atoms with Crippen molar-refractivity contribution in [3.8, 4) is 5.75 Å². The van der Waals surface area contributed by atoms with Gasteiger partial charge in [0.1, 0.15) is 5.75 Å². The van der Waals surface area contributed by atoms with Crippen LogP contribution in [0.5, 0.6) is 5.75 Å². The number of ether oxygens (including phenoxy) is 2. The maximum Gasteiger partial charge on any atom is 0.337 e. The quantitative estimate of drug-likeness (QED) is 0.630. The van der Waals surface area contributed by atoms with Crippen LogP contribution in [0.15, 0.2) is 18.2 Å². The minimum absolute atomic E-state index is 0.209. The smallest absolute Gasteiger partial charge is 0.337 e. The number of nitrogens with zero attached hydrogens (tertiary/aromatic N) is 1. The van der Waals surface area contributed by atoms with Crippen LogP contribution >= 0.6 is 0 Å². The first-order valence-corrected chi connectivity index (χ1v) is 8.71. The Hall–Kier alpha value is -2.32. The van der Waals surface area contributed by atoms with Gasteiger partial charge in [0.05, 0.1) is 25.5 Å². The normalized spacial score (nSPS) is 17.4. The maximum absolute atomic E-state index is 12.1. The predicted molar refractivity (Wildman–Crippen MR) is 97.6 cm³/mol. The zero-order chi connectivity index (χ0) is 18.9. The molecule has 1 fully saturated rings. The van der Waals surface area contributed by atoms with Crippen molar-refractivity contribution in [2.24, 2.45) is 5.92 Å². The van der Waals surface area contributed by atoms with Gasteiger partial charge < -0.3 is 30.1 Å². The molecule has 3 N–H and O–H groups in total. The van der Waals surface area contributed by atoms with E-state index >= 15 is 0 Å². The van der Waals surface area contributed by atoms with Gasteiger partial charge in [0.2, 0.25) is 0 Å². The predicted octanol–water partition coefficient (Wildman–Crippen LogP) is 1.31. The van der Waals surface area contributed by atoms with Crippen LogP contribution in [0.3, 0.4) is 0 Å². The van der Waals surface area contributed by atoms with E-state index in [1.54, 1.807) is 12.1 Å². The lowest BCUT2D eigenvalue weighted by Gasteiger charge is -2.31. The van der Waals surface area contributed by atoms with E-state index in [4.69, 9.17) is 4.74 Å². The number of nitrogens with one attached hydrogen (secondary N) is 2. The van der Waals surface area contributed by atoms with Crippen LogP contribution in [-0.4, -0.2) is 69.0 Å². The summed E-state index contributed by atoms with van der Waals surface area (Å²) in [5.74, 6) is 0.289. The summed E-state index contributed by atoms with van der Waals surface area (Å²) in [6.45, 7) is 3.26. The molecule has 0 unspecified atom stereocenters. The Balaban J connectivity index is 1.86. The van der Waals surface area contributed by atoms with Crippen molar-refractivity contribution in [1.29, 1.82) is 0 Å². The van der Waals surface area contributed by atoms with E-state index in [0.717, 1.165) is 32.5 Å². The number of piperidine rings is 1. The summed E-state index contributed by atoms with van der Waals surface area (Å²) in [5.41, 5.74) is 0.721. The number of anilines is 1. The average Bonchev–Trinajstić information content (AvgIpc) is 2.67. The number of amides is 2. The second-order valence-corrected chi connectivity index (χ2v) is 6.28. The number of hydrogen-bond donors (Lipinski definition) is 3. The number of hydrogen-bond acceptors (Lipinski definition) is 6. The fraction of sp³-hybridized carbons (Fsp3) is 0.556. The third-order valence-corrected chi connectivity index (χ3v) is 4.44. The van der Waals surface area contributed by atoms with E-state index in [1.165, 1.54) is 20.3 Å². The zero-order valence-electron chi connectivity index (χ0n) is 15.3. The van der Waals surface area contributed by atoms with E-state index < -0.39 is 5.97 Å². The van der Waals surface area contributed by atoms with Gasteiger partial charge in [0, 0.05) is 26.2 Å².